The molecule has 1 saturated carbocycles. The second kappa shape index (κ2) is 7.20. The SMILES string of the molecule is O=C(/C=C/c1cccnc1)NCC1(CO)CCCCC1. The topological polar surface area (TPSA) is 62.2 Å². The Morgan fingerprint density at radius 3 is 2.85 bits per heavy atom. The standard InChI is InChI=1S/C16H22N2O2/c19-13-16(8-2-1-3-9-16)12-18-15(20)7-6-14-5-4-10-17-11-14/h4-7,10-11,19H,1-3,8-9,12-13H2,(H,18,20)/b7-6+. The molecule has 0 atom stereocenters. The van der Waals surface area contributed by atoms with Gasteiger partial charge in [-0.3, -0.25) is 9.78 Å². The summed E-state index contributed by atoms with van der Waals surface area (Å²) in [6, 6.07) is 3.73. The molecule has 0 aromatic carbocycles. The lowest BCUT2D eigenvalue weighted by atomic mass is 9.74. The van der Waals surface area contributed by atoms with Gasteiger partial charge in [0.25, 0.3) is 0 Å². The van der Waals surface area contributed by atoms with E-state index in [2.05, 4.69) is 10.3 Å². The predicted octanol–water partition coefficient (Wildman–Crippen LogP) is 2.15. The molecule has 0 unspecified atom stereocenters. The van der Waals surface area contributed by atoms with Crippen LogP contribution < -0.4 is 5.32 Å². The van der Waals surface area contributed by atoms with Crippen LogP contribution in [0, 0.1) is 5.41 Å². The Morgan fingerprint density at radius 2 is 2.20 bits per heavy atom. The van der Waals surface area contributed by atoms with Crippen molar-refractivity contribution in [1.82, 2.24) is 10.3 Å². The highest BCUT2D eigenvalue weighted by Crippen LogP contribution is 2.35. The van der Waals surface area contributed by atoms with Gasteiger partial charge in [-0.15, -0.1) is 0 Å². The van der Waals surface area contributed by atoms with E-state index in [0.717, 1.165) is 31.2 Å². The molecule has 0 saturated heterocycles. The second-order valence-corrected chi connectivity index (χ2v) is 5.56. The largest absolute Gasteiger partial charge is 0.396 e. The van der Waals surface area contributed by atoms with E-state index in [1.54, 1.807) is 18.5 Å². The molecule has 1 aliphatic rings. The lowest BCUT2D eigenvalue weighted by Crippen LogP contribution is -2.40. The second-order valence-electron chi connectivity index (χ2n) is 5.56. The molecule has 1 amide bonds. The van der Waals surface area contributed by atoms with Crippen molar-refractivity contribution in [3.05, 3.63) is 36.2 Å². The van der Waals surface area contributed by atoms with Crippen LogP contribution in [0.15, 0.2) is 30.6 Å². The number of rotatable bonds is 5. The lowest BCUT2D eigenvalue weighted by Gasteiger charge is -2.35. The highest BCUT2D eigenvalue weighted by molar-refractivity contribution is 5.91. The molecule has 20 heavy (non-hydrogen) atoms. The Morgan fingerprint density at radius 1 is 1.40 bits per heavy atom. The van der Waals surface area contributed by atoms with Gasteiger partial charge < -0.3 is 10.4 Å². The number of nitrogens with zero attached hydrogens (tertiary/aromatic N) is 1. The lowest BCUT2D eigenvalue weighted by molar-refractivity contribution is -0.117. The number of hydrogen-bond donors (Lipinski definition) is 2. The Balaban J connectivity index is 1.84. The molecule has 0 bridgehead atoms. The van der Waals surface area contributed by atoms with Gasteiger partial charge in [-0.2, -0.15) is 0 Å². The maximum absolute atomic E-state index is 11.8. The van der Waals surface area contributed by atoms with Crippen LogP contribution in [-0.4, -0.2) is 29.1 Å². The fraction of sp³-hybridized carbons (Fsp3) is 0.500. The summed E-state index contributed by atoms with van der Waals surface area (Å²) >= 11 is 0. The van der Waals surface area contributed by atoms with E-state index in [9.17, 15) is 9.90 Å². The number of carbonyl (C=O) groups is 1. The molecule has 1 heterocycles. The average molecular weight is 274 g/mol. The van der Waals surface area contributed by atoms with Crippen LogP contribution in [0.1, 0.15) is 37.7 Å². The van der Waals surface area contributed by atoms with Crippen LogP contribution in [0.25, 0.3) is 6.08 Å². The van der Waals surface area contributed by atoms with Crippen molar-refractivity contribution in [1.29, 1.82) is 0 Å². The van der Waals surface area contributed by atoms with E-state index in [0.29, 0.717) is 6.54 Å². The monoisotopic (exact) mass is 274 g/mol. The molecular formula is C16H22N2O2. The van der Waals surface area contributed by atoms with E-state index in [1.165, 1.54) is 12.5 Å². The minimum absolute atomic E-state index is 0.115. The average Bonchev–Trinajstić information content (AvgIpc) is 2.53. The maximum Gasteiger partial charge on any atom is 0.244 e. The predicted molar refractivity (Wildman–Crippen MR) is 78.9 cm³/mol. The number of carbonyl (C=O) groups excluding carboxylic acids is 1. The van der Waals surface area contributed by atoms with Gasteiger partial charge >= 0.3 is 0 Å². The van der Waals surface area contributed by atoms with Gasteiger partial charge in [0.05, 0.1) is 6.61 Å². The first-order chi connectivity index (χ1) is 9.74. The summed E-state index contributed by atoms with van der Waals surface area (Å²) in [6.07, 6.45) is 12.2. The Bertz CT molecular complexity index is 451. The van der Waals surface area contributed by atoms with E-state index < -0.39 is 0 Å². The van der Waals surface area contributed by atoms with Crippen LogP contribution >= 0.6 is 0 Å². The van der Waals surface area contributed by atoms with Crippen LogP contribution in [-0.2, 0) is 4.79 Å². The van der Waals surface area contributed by atoms with Gasteiger partial charge in [-0.25, -0.2) is 0 Å². The van der Waals surface area contributed by atoms with Crippen LogP contribution in [0.2, 0.25) is 0 Å². The summed E-state index contributed by atoms with van der Waals surface area (Å²) in [4.78, 5) is 15.8. The first kappa shape index (κ1) is 14.7. The van der Waals surface area contributed by atoms with Crippen molar-refractivity contribution < 1.29 is 9.90 Å². The number of aromatic nitrogens is 1. The zero-order valence-corrected chi connectivity index (χ0v) is 11.7. The van der Waals surface area contributed by atoms with Gasteiger partial charge in [0.2, 0.25) is 5.91 Å². The minimum atomic E-state index is -0.118. The molecule has 0 radical (unpaired) electrons. The fourth-order valence-electron chi connectivity index (χ4n) is 2.67. The number of nitrogens with one attached hydrogen (secondary N) is 1. The molecule has 0 spiro atoms. The highest BCUT2D eigenvalue weighted by Gasteiger charge is 2.31. The third kappa shape index (κ3) is 4.17. The summed E-state index contributed by atoms with van der Waals surface area (Å²) in [6.45, 7) is 0.708. The van der Waals surface area contributed by atoms with Gasteiger partial charge in [0.15, 0.2) is 0 Å². The van der Waals surface area contributed by atoms with E-state index in [-0.39, 0.29) is 17.9 Å². The van der Waals surface area contributed by atoms with Crippen molar-refractivity contribution in [2.45, 2.75) is 32.1 Å². The molecular weight excluding hydrogens is 252 g/mol. The van der Waals surface area contributed by atoms with Crippen molar-refractivity contribution in [3.63, 3.8) is 0 Å². The molecule has 0 aliphatic heterocycles. The molecule has 2 rings (SSSR count). The summed E-state index contributed by atoms with van der Waals surface area (Å²) < 4.78 is 0. The number of aliphatic hydroxyl groups excluding tert-OH is 1. The van der Waals surface area contributed by atoms with Gasteiger partial charge in [-0.05, 0) is 30.5 Å². The van der Waals surface area contributed by atoms with Gasteiger partial charge in [-0.1, -0.05) is 25.3 Å². The fourth-order valence-corrected chi connectivity index (χ4v) is 2.67. The quantitative estimate of drug-likeness (QED) is 0.809. The number of amides is 1. The molecule has 1 aromatic heterocycles. The number of hydrogen-bond acceptors (Lipinski definition) is 3. The summed E-state index contributed by atoms with van der Waals surface area (Å²) in [5, 5.41) is 12.5. The molecule has 4 nitrogen and oxygen atoms in total. The first-order valence-corrected chi connectivity index (χ1v) is 7.21. The molecule has 108 valence electrons. The summed E-state index contributed by atoms with van der Waals surface area (Å²) in [7, 11) is 0. The first-order valence-electron chi connectivity index (χ1n) is 7.21. The molecule has 2 N–H and O–H groups in total. The Kier molecular flexibility index (Phi) is 5.30. The minimum Gasteiger partial charge on any atom is -0.396 e. The smallest absolute Gasteiger partial charge is 0.244 e. The molecule has 1 aromatic rings. The van der Waals surface area contributed by atoms with E-state index >= 15 is 0 Å². The van der Waals surface area contributed by atoms with Crippen molar-refractivity contribution in [2.24, 2.45) is 5.41 Å². The Hall–Kier alpha value is -1.68. The van der Waals surface area contributed by atoms with Gasteiger partial charge in [0, 0.05) is 30.4 Å². The summed E-state index contributed by atoms with van der Waals surface area (Å²) in [5.41, 5.74) is 0.785. The zero-order valence-electron chi connectivity index (χ0n) is 11.7. The van der Waals surface area contributed by atoms with Crippen LogP contribution in [0.3, 0.4) is 0 Å². The molecule has 1 aliphatic carbocycles. The normalized spacial score (nSPS) is 18.1. The van der Waals surface area contributed by atoms with Crippen molar-refractivity contribution in [2.75, 3.05) is 13.2 Å². The van der Waals surface area contributed by atoms with E-state index in [4.69, 9.17) is 0 Å². The van der Waals surface area contributed by atoms with Gasteiger partial charge in [0.1, 0.15) is 0 Å². The van der Waals surface area contributed by atoms with Crippen molar-refractivity contribution >= 4 is 12.0 Å². The van der Waals surface area contributed by atoms with Crippen LogP contribution in [0.4, 0.5) is 0 Å². The Labute approximate surface area is 119 Å². The third-order valence-corrected chi connectivity index (χ3v) is 4.00. The molecule has 1 fully saturated rings. The van der Waals surface area contributed by atoms with Crippen molar-refractivity contribution in [3.8, 4) is 0 Å². The zero-order chi connectivity index (χ0) is 14.3. The van der Waals surface area contributed by atoms with E-state index in [1.807, 2.05) is 12.1 Å². The number of pyridine rings is 1. The number of aliphatic hydroxyl groups is 1. The summed E-state index contributed by atoms with van der Waals surface area (Å²) in [5.74, 6) is -0.118. The molecule has 4 heteroatoms. The maximum atomic E-state index is 11.8. The van der Waals surface area contributed by atoms with Crippen LogP contribution in [0.5, 0.6) is 0 Å². The highest BCUT2D eigenvalue weighted by atomic mass is 16.3. The third-order valence-electron chi connectivity index (χ3n) is 4.00.